The van der Waals surface area contributed by atoms with Gasteiger partial charge in [-0.3, -0.25) is 19.3 Å². The van der Waals surface area contributed by atoms with Crippen LogP contribution in [0.25, 0.3) is 0 Å². The van der Waals surface area contributed by atoms with Crippen molar-refractivity contribution in [2.45, 2.75) is 38.9 Å². The summed E-state index contributed by atoms with van der Waals surface area (Å²) in [6.45, 7) is 4.46. The van der Waals surface area contributed by atoms with Crippen LogP contribution in [0.3, 0.4) is 0 Å². The largest absolute Gasteiger partial charge is 0.368 e. The molecule has 16 heavy (non-hydrogen) atoms. The molecule has 0 aliphatic heterocycles. The minimum atomic E-state index is -0.801. The van der Waals surface area contributed by atoms with E-state index in [2.05, 4.69) is 0 Å². The Labute approximate surface area is 93.9 Å². The fourth-order valence-corrected chi connectivity index (χ4v) is 1.45. The third-order valence-electron chi connectivity index (χ3n) is 2.58. The first-order valence-electron chi connectivity index (χ1n) is 4.85. The van der Waals surface area contributed by atoms with Crippen LogP contribution in [-0.4, -0.2) is 40.7 Å². The fraction of sp³-hybridized carbons (Fsp3) is 0.667. The number of nitrogens with two attached hydrogens (primary N) is 3. The molecule has 0 spiro atoms. The van der Waals surface area contributed by atoms with Crippen LogP contribution >= 0.6 is 0 Å². The first kappa shape index (κ1) is 14.4. The van der Waals surface area contributed by atoms with Crippen molar-refractivity contribution in [1.82, 2.24) is 4.90 Å². The zero-order valence-corrected chi connectivity index (χ0v) is 9.64. The molecule has 0 aromatic heterocycles. The van der Waals surface area contributed by atoms with Crippen molar-refractivity contribution in [1.29, 1.82) is 0 Å². The molecule has 3 atom stereocenters. The molecule has 92 valence electrons. The third-order valence-corrected chi connectivity index (χ3v) is 2.58. The number of carbonyl (C=O) groups excluding carboxylic acids is 3. The van der Waals surface area contributed by atoms with Crippen LogP contribution in [0, 0.1) is 0 Å². The summed E-state index contributed by atoms with van der Waals surface area (Å²) in [5, 5.41) is 0. The molecule has 0 fully saturated rings. The van der Waals surface area contributed by atoms with E-state index < -0.39 is 35.8 Å². The van der Waals surface area contributed by atoms with Crippen LogP contribution in [0.4, 0.5) is 0 Å². The molecule has 0 bridgehead atoms. The van der Waals surface area contributed by atoms with Gasteiger partial charge in [-0.1, -0.05) is 0 Å². The van der Waals surface area contributed by atoms with Gasteiger partial charge < -0.3 is 17.2 Å². The highest BCUT2D eigenvalue weighted by atomic mass is 16.2. The molecule has 0 saturated carbocycles. The van der Waals surface area contributed by atoms with E-state index in [-0.39, 0.29) is 0 Å². The van der Waals surface area contributed by atoms with E-state index in [1.54, 1.807) is 0 Å². The van der Waals surface area contributed by atoms with Crippen molar-refractivity contribution in [2.24, 2.45) is 17.2 Å². The predicted molar refractivity (Wildman–Crippen MR) is 57.8 cm³/mol. The van der Waals surface area contributed by atoms with Crippen LogP contribution in [0.5, 0.6) is 0 Å². The smallest absolute Gasteiger partial charge is 0.234 e. The molecule has 3 amide bonds. The molecular weight excluding hydrogens is 212 g/mol. The lowest BCUT2D eigenvalue weighted by Gasteiger charge is -2.34. The van der Waals surface area contributed by atoms with E-state index in [9.17, 15) is 14.4 Å². The summed E-state index contributed by atoms with van der Waals surface area (Å²) in [5.74, 6) is -1.95. The lowest BCUT2D eigenvalue weighted by molar-refractivity contribution is -0.134. The van der Waals surface area contributed by atoms with Crippen LogP contribution in [0.2, 0.25) is 0 Å². The van der Waals surface area contributed by atoms with Gasteiger partial charge in [0.1, 0.15) is 0 Å². The molecular formula is C9H18N4O3. The third kappa shape index (κ3) is 3.20. The molecule has 0 aromatic rings. The maximum absolute atomic E-state index is 11.1. The molecule has 0 aliphatic rings. The maximum Gasteiger partial charge on any atom is 0.234 e. The van der Waals surface area contributed by atoms with Gasteiger partial charge >= 0.3 is 0 Å². The number of hydrogen-bond donors (Lipinski definition) is 3. The summed E-state index contributed by atoms with van der Waals surface area (Å²) in [6.07, 6.45) is 0. The number of hydrogen-bond acceptors (Lipinski definition) is 4. The Morgan fingerprint density at radius 3 is 1.06 bits per heavy atom. The molecule has 0 rings (SSSR count). The molecule has 3 unspecified atom stereocenters. The Kier molecular flexibility index (Phi) is 4.90. The van der Waals surface area contributed by atoms with Crippen molar-refractivity contribution < 1.29 is 14.4 Å². The molecule has 0 aliphatic carbocycles. The Hall–Kier alpha value is -1.63. The minimum absolute atomic E-state index is 0.652. The topological polar surface area (TPSA) is 133 Å². The molecule has 0 radical (unpaired) electrons. The summed E-state index contributed by atoms with van der Waals surface area (Å²) in [4.78, 5) is 34.5. The van der Waals surface area contributed by atoms with E-state index in [0.717, 1.165) is 0 Å². The molecule has 0 saturated heterocycles. The van der Waals surface area contributed by atoms with Gasteiger partial charge in [0.2, 0.25) is 17.7 Å². The highest BCUT2D eigenvalue weighted by Gasteiger charge is 2.33. The molecule has 7 nitrogen and oxygen atoms in total. The van der Waals surface area contributed by atoms with Gasteiger partial charge in [-0.2, -0.15) is 0 Å². The summed E-state index contributed by atoms with van der Waals surface area (Å²) in [6, 6.07) is -2.40. The standard InChI is InChI=1S/C9H18N4O3/c1-4(7(10)14)13(5(2)8(11)15)6(3)9(12)16/h4-6H,1-3H3,(H2,10,14)(H2,11,15)(H2,12,16). The average Bonchev–Trinajstić information content (AvgIpc) is 2.16. The Morgan fingerprint density at radius 1 is 0.750 bits per heavy atom. The Morgan fingerprint density at radius 2 is 0.938 bits per heavy atom. The number of rotatable bonds is 6. The van der Waals surface area contributed by atoms with Crippen LogP contribution < -0.4 is 17.2 Å². The van der Waals surface area contributed by atoms with Gasteiger partial charge in [0.25, 0.3) is 0 Å². The van der Waals surface area contributed by atoms with E-state index in [4.69, 9.17) is 17.2 Å². The second kappa shape index (κ2) is 5.45. The lowest BCUT2D eigenvalue weighted by atomic mass is 10.1. The van der Waals surface area contributed by atoms with Gasteiger partial charge in [0.05, 0.1) is 18.1 Å². The molecule has 0 aromatic carbocycles. The monoisotopic (exact) mass is 230 g/mol. The first-order valence-corrected chi connectivity index (χ1v) is 4.85. The fourth-order valence-electron chi connectivity index (χ4n) is 1.45. The van der Waals surface area contributed by atoms with Gasteiger partial charge in [-0.15, -0.1) is 0 Å². The van der Waals surface area contributed by atoms with Gasteiger partial charge in [-0.05, 0) is 20.8 Å². The van der Waals surface area contributed by atoms with Gasteiger partial charge in [0.15, 0.2) is 0 Å². The van der Waals surface area contributed by atoms with Crippen molar-refractivity contribution in [3.63, 3.8) is 0 Å². The average molecular weight is 230 g/mol. The van der Waals surface area contributed by atoms with E-state index in [1.807, 2.05) is 0 Å². The van der Waals surface area contributed by atoms with E-state index in [1.165, 1.54) is 25.7 Å². The Balaban J connectivity index is 5.12. The van der Waals surface area contributed by atoms with E-state index in [0.29, 0.717) is 0 Å². The maximum atomic E-state index is 11.1. The first-order chi connectivity index (χ1) is 7.20. The molecule has 7 heteroatoms. The summed E-state index contributed by atoms with van der Waals surface area (Å²) in [5.41, 5.74) is 15.4. The predicted octanol–water partition coefficient (Wildman–Crippen LogP) is -2.09. The molecule has 6 N–H and O–H groups in total. The zero-order valence-electron chi connectivity index (χ0n) is 9.64. The number of nitrogens with zero attached hydrogens (tertiary/aromatic N) is 1. The Bertz CT molecular complexity index is 258. The van der Waals surface area contributed by atoms with Crippen LogP contribution in [0.15, 0.2) is 0 Å². The van der Waals surface area contributed by atoms with Crippen molar-refractivity contribution >= 4 is 17.7 Å². The number of carbonyl (C=O) groups is 3. The second-order valence-corrected chi connectivity index (χ2v) is 3.68. The zero-order chi connectivity index (χ0) is 13.0. The summed E-state index contributed by atoms with van der Waals surface area (Å²) in [7, 11) is 0. The summed E-state index contributed by atoms with van der Waals surface area (Å²) < 4.78 is 0. The quantitative estimate of drug-likeness (QED) is 0.482. The van der Waals surface area contributed by atoms with Gasteiger partial charge in [-0.25, -0.2) is 0 Å². The minimum Gasteiger partial charge on any atom is -0.368 e. The van der Waals surface area contributed by atoms with Gasteiger partial charge in [0, 0.05) is 0 Å². The summed E-state index contributed by atoms with van der Waals surface area (Å²) >= 11 is 0. The normalized spacial score (nSPS) is 16.5. The lowest BCUT2D eigenvalue weighted by Crippen LogP contribution is -2.58. The highest BCUT2D eigenvalue weighted by Crippen LogP contribution is 2.10. The van der Waals surface area contributed by atoms with E-state index >= 15 is 0 Å². The second-order valence-electron chi connectivity index (χ2n) is 3.68. The van der Waals surface area contributed by atoms with Crippen molar-refractivity contribution in [3.8, 4) is 0 Å². The SMILES string of the molecule is CC(C(N)=O)N(C(C)C(N)=O)C(C)C(N)=O. The molecule has 0 heterocycles. The number of amides is 3. The van der Waals surface area contributed by atoms with Crippen LogP contribution in [0.1, 0.15) is 20.8 Å². The van der Waals surface area contributed by atoms with Crippen LogP contribution in [-0.2, 0) is 14.4 Å². The van der Waals surface area contributed by atoms with Crippen molar-refractivity contribution in [2.75, 3.05) is 0 Å². The number of primary amides is 3. The van der Waals surface area contributed by atoms with Crippen molar-refractivity contribution in [3.05, 3.63) is 0 Å². The highest BCUT2D eigenvalue weighted by molar-refractivity contribution is 5.86.